The third-order valence-electron chi connectivity index (χ3n) is 3.88. The topological polar surface area (TPSA) is 12.0 Å². The first-order valence-electron chi connectivity index (χ1n) is 6.75. The van der Waals surface area contributed by atoms with Gasteiger partial charge in [-0.2, -0.15) is 0 Å². The van der Waals surface area contributed by atoms with E-state index in [9.17, 15) is 0 Å². The van der Waals surface area contributed by atoms with Crippen LogP contribution >= 0.6 is 27.3 Å². The Morgan fingerprint density at radius 1 is 1.16 bits per heavy atom. The van der Waals surface area contributed by atoms with Crippen molar-refractivity contribution in [1.82, 2.24) is 5.32 Å². The van der Waals surface area contributed by atoms with Gasteiger partial charge in [-0.15, -0.1) is 11.3 Å². The molecule has 1 saturated carbocycles. The summed E-state index contributed by atoms with van der Waals surface area (Å²) in [5.41, 5.74) is 2.85. The van der Waals surface area contributed by atoms with Gasteiger partial charge in [-0.05, 0) is 59.3 Å². The summed E-state index contributed by atoms with van der Waals surface area (Å²) < 4.78 is 1.22. The van der Waals surface area contributed by atoms with Gasteiger partial charge in [0.1, 0.15) is 0 Å². The summed E-state index contributed by atoms with van der Waals surface area (Å²) in [7, 11) is 0. The van der Waals surface area contributed by atoms with Crippen LogP contribution < -0.4 is 5.32 Å². The molecule has 0 unspecified atom stereocenters. The summed E-state index contributed by atoms with van der Waals surface area (Å²) in [6.07, 6.45) is 2.55. The average molecular weight is 336 g/mol. The van der Waals surface area contributed by atoms with Crippen molar-refractivity contribution in [2.45, 2.75) is 38.3 Å². The molecule has 1 N–H and O–H groups in total. The molecule has 0 aliphatic heterocycles. The predicted octanol–water partition coefficient (Wildman–Crippen LogP) is 4.85. The fraction of sp³-hybridized carbons (Fsp3) is 0.375. The van der Waals surface area contributed by atoms with Gasteiger partial charge in [-0.3, -0.25) is 0 Å². The third-order valence-corrected chi connectivity index (χ3v) is 5.50. The minimum absolute atomic E-state index is 0.687. The van der Waals surface area contributed by atoms with Crippen molar-refractivity contribution >= 4 is 27.3 Å². The maximum Gasteiger partial charge on any atom is 0.0701 e. The SMILES string of the molecule is Cc1ccc(C2CC(NCc3ccc(Br)s3)C2)cc1. The summed E-state index contributed by atoms with van der Waals surface area (Å²) in [5.74, 6) is 0.758. The molecule has 0 spiro atoms. The lowest BCUT2D eigenvalue weighted by molar-refractivity contribution is 0.290. The first-order chi connectivity index (χ1) is 9.20. The highest BCUT2D eigenvalue weighted by Crippen LogP contribution is 2.37. The van der Waals surface area contributed by atoms with Crippen molar-refractivity contribution in [3.05, 3.63) is 56.2 Å². The second-order valence-electron chi connectivity index (χ2n) is 5.36. The molecule has 1 aliphatic carbocycles. The van der Waals surface area contributed by atoms with E-state index in [1.807, 2.05) is 11.3 Å². The van der Waals surface area contributed by atoms with Crippen molar-refractivity contribution < 1.29 is 0 Å². The largest absolute Gasteiger partial charge is 0.309 e. The van der Waals surface area contributed by atoms with Crippen molar-refractivity contribution in [3.63, 3.8) is 0 Å². The molecule has 1 nitrogen and oxygen atoms in total. The summed E-state index contributed by atoms with van der Waals surface area (Å²) in [5, 5.41) is 3.65. The second-order valence-corrected chi connectivity index (χ2v) is 7.91. The quantitative estimate of drug-likeness (QED) is 0.841. The van der Waals surface area contributed by atoms with Gasteiger partial charge in [0, 0.05) is 17.5 Å². The summed E-state index contributed by atoms with van der Waals surface area (Å²) in [4.78, 5) is 1.41. The van der Waals surface area contributed by atoms with Crippen LogP contribution in [0.3, 0.4) is 0 Å². The number of hydrogen-bond acceptors (Lipinski definition) is 2. The first kappa shape index (κ1) is 13.3. The molecule has 1 aromatic heterocycles. The van der Waals surface area contributed by atoms with E-state index in [4.69, 9.17) is 0 Å². The Balaban J connectivity index is 1.46. The molecule has 19 heavy (non-hydrogen) atoms. The van der Waals surface area contributed by atoms with Crippen LogP contribution in [0.15, 0.2) is 40.2 Å². The van der Waals surface area contributed by atoms with E-state index in [2.05, 4.69) is 64.6 Å². The monoisotopic (exact) mass is 335 g/mol. The Bertz CT molecular complexity index is 540. The molecule has 0 amide bonds. The minimum atomic E-state index is 0.687. The lowest BCUT2D eigenvalue weighted by atomic mass is 9.76. The van der Waals surface area contributed by atoms with Gasteiger partial charge in [0.15, 0.2) is 0 Å². The van der Waals surface area contributed by atoms with E-state index in [-0.39, 0.29) is 0 Å². The smallest absolute Gasteiger partial charge is 0.0701 e. The molecule has 0 saturated heterocycles. The predicted molar refractivity (Wildman–Crippen MR) is 85.8 cm³/mol. The van der Waals surface area contributed by atoms with Crippen LogP contribution in [-0.2, 0) is 6.54 Å². The lowest BCUT2D eigenvalue weighted by Gasteiger charge is -2.36. The van der Waals surface area contributed by atoms with Gasteiger partial charge in [-0.25, -0.2) is 0 Å². The zero-order valence-electron chi connectivity index (χ0n) is 11.0. The van der Waals surface area contributed by atoms with Gasteiger partial charge in [0.25, 0.3) is 0 Å². The van der Waals surface area contributed by atoms with Crippen LogP contribution in [0.2, 0.25) is 0 Å². The van der Waals surface area contributed by atoms with Crippen molar-refractivity contribution in [2.24, 2.45) is 0 Å². The number of halogens is 1. The molecule has 0 bridgehead atoms. The zero-order chi connectivity index (χ0) is 13.2. The van der Waals surface area contributed by atoms with Gasteiger partial charge in [0.05, 0.1) is 3.79 Å². The summed E-state index contributed by atoms with van der Waals surface area (Å²) in [6, 6.07) is 14.0. The third kappa shape index (κ3) is 3.28. The lowest BCUT2D eigenvalue weighted by Crippen LogP contribution is -2.39. The number of rotatable bonds is 4. The highest BCUT2D eigenvalue weighted by Gasteiger charge is 2.29. The van der Waals surface area contributed by atoms with Gasteiger partial charge < -0.3 is 5.32 Å². The molecule has 0 atom stereocenters. The van der Waals surface area contributed by atoms with Crippen LogP contribution in [0.25, 0.3) is 0 Å². The molecule has 1 heterocycles. The van der Waals surface area contributed by atoms with E-state index in [1.54, 1.807) is 0 Å². The van der Waals surface area contributed by atoms with Crippen molar-refractivity contribution in [2.75, 3.05) is 0 Å². The highest BCUT2D eigenvalue weighted by molar-refractivity contribution is 9.11. The van der Waals surface area contributed by atoms with Gasteiger partial charge in [-0.1, -0.05) is 29.8 Å². The minimum Gasteiger partial charge on any atom is -0.309 e. The van der Waals surface area contributed by atoms with Gasteiger partial charge in [0.2, 0.25) is 0 Å². The van der Waals surface area contributed by atoms with Crippen LogP contribution in [0.1, 0.15) is 34.8 Å². The standard InChI is InChI=1S/C16H18BrNS/c1-11-2-4-12(5-3-11)13-8-14(9-13)18-10-15-6-7-16(17)19-15/h2-7,13-14,18H,8-10H2,1H3. The molecule has 3 rings (SSSR count). The van der Waals surface area contributed by atoms with Crippen LogP contribution in [0.4, 0.5) is 0 Å². The summed E-state index contributed by atoms with van der Waals surface area (Å²) in [6.45, 7) is 3.15. The Morgan fingerprint density at radius 2 is 1.89 bits per heavy atom. The number of aryl methyl sites for hydroxylation is 1. The van der Waals surface area contributed by atoms with Crippen LogP contribution in [0.5, 0.6) is 0 Å². The average Bonchev–Trinajstić information content (AvgIpc) is 2.75. The molecule has 1 fully saturated rings. The zero-order valence-corrected chi connectivity index (χ0v) is 13.4. The molecule has 0 radical (unpaired) electrons. The van der Waals surface area contributed by atoms with Crippen molar-refractivity contribution in [3.8, 4) is 0 Å². The highest BCUT2D eigenvalue weighted by atomic mass is 79.9. The maximum atomic E-state index is 3.65. The Morgan fingerprint density at radius 3 is 2.53 bits per heavy atom. The number of hydrogen-bond donors (Lipinski definition) is 1. The van der Waals surface area contributed by atoms with E-state index in [0.29, 0.717) is 6.04 Å². The summed E-state index contributed by atoms with van der Waals surface area (Å²) >= 11 is 5.32. The molecule has 2 aromatic rings. The number of benzene rings is 1. The Kier molecular flexibility index (Phi) is 4.06. The molecule has 1 aliphatic rings. The molecule has 3 heteroatoms. The number of nitrogens with one attached hydrogen (secondary N) is 1. The normalized spacial score (nSPS) is 22.2. The molecular weight excluding hydrogens is 318 g/mol. The van der Waals surface area contributed by atoms with E-state index in [1.165, 1.54) is 32.6 Å². The maximum absolute atomic E-state index is 3.65. The Hall–Kier alpha value is -0.640. The van der Waals surface area contributed by atoms with Gasteiger partial charge >= 0.3 is 0 Å². The molecular formula is C16H18BrNS. The fourth-order valence-corrected chi connectivity index (χ4v) is 4.02. The van der Waals surface area contributed by atoms with E-state index < -0.39 is 0 Å². The van der Waals surface area contributed by atoms with Crippen LogP contribution in [-0.4, -0.2) is 6.04 Å². The number of thiophene rings is 1. The second kappa shape index (κ2) is 5.78. The van der Waals surface area contributed by atoms with Crippen LogP contribution in [0, 0.1) is 6.92 Å². The van der Waals surface area contributed by atoms with Crippen molar-refractivity contribution in [1.29, 1.82) is 0 Å². The molecule has 1 aromatic carbocycles. The Labute approximate surface area is 127 Å². The van der Waals surface area contributed by atoms with E-state index >= 15 is 0 Å². The first-order valence-corrected chi connectivity index (χ1v) is 8.36. The fourth-order valence-electron chi connectivity index (χ4n) is 2.59. The molecule has 100 valence electrons. The van der Waals surface area contributed by atoms with E-state index in [0.717, 1.165) is 12.5 Å².